The topological polar surface area (TPSA) is 46.5 Å². The van der Waals surface area contributed by atoms with Crippen LogP contribution in [0.5, 0.6) is 0 Å². The van der Waals surface area contributed by atoms with Crippen molar-refractivity contribution >= 4 is 17.7 Å². The number of aromatic carboxylic acids is 1. The Morgan fingerprint density at radius 3 is 2.76 bits per heavy atom. The summed E-state index contributed by atoms with van der Waals surface area (Å²) in [5.74, 6) is 0.781. The number of hydrogen-bond acceptors (Lipinski definition) is 3. The second-order valence-electron chi connectivity index (χ2n) is 4.17. The van der Waals surface area contributed by atoms with Gasteiger partial charge in [-0.2, -0.15) is 0 Å². The molecule has 3 nitrogen and oxygen atoms in total. The molecule has 0 unspecified atom stereocenters. The third kappa shape index (κ3) is 3.48. The summed E-state index contributed by atoms with van der Waals surface area (Å²) in [6.45, 7) is 1.68. The molecule has 0 saturated carbocycles. The molecule has 1 saturated heterocycles. The number of carboxylic acids is 1. The summed E-state index contributed by atoms with van der Waals surface area (Å²) >= 11 is 1.65. The molecule has 0 aliphatic carbocycles. The largest absolute Gasteiger partial charge is 0.478 e. The lowest BCUT2D eigenvalue weighted by molar-refractivity contribution is 0.0692. The Balaban J connectivity index is 1.96. The van der Waals surface area contributed by atoms with E-state index in [2.05, 4.69) is 0 Å². The van der Waals surface area contributed by atoms with E-state index in [-0.39, 0.29) is 0 Å². The minimum atomic E-state index is -0.847. The maximum atomic E-state index is 11.0. The lowest BCUT2D eigenvalue weighted by Gasteiger charge is -2.21. The first-order valence-corrected chi connectivity index (χ1v) is 6.79. The van der Waals surface area contributed by atoms with Crippen LogP contribution < -0.4 is 0 Å². The zero-order chi connectivity index (χ0) is 12.1. The zero-order valence-corrected chi connectivity index (χ0v) is 10.4. The molecule has 0 bridgehead atoms. The van der Waals surface area contributed by atoms with Gasteiger partial charge in [-0.05, 0) is 30.9 Å². The second kappa shape index (κ2) is 6.07. The van der Waals surface area contributed by atoms with Crippen LogP contribution in [0.4, 0.5) is 0 Å². The van der Waals surface area contributed by atoms with Crippen LogP contribution in [0.1, 0.15) is 23.2 Å². The first-order valence-electron chi connectivity index (χ1n) is 5.80. The average Bonchev–Trinajstić information content (AvgIpc) is 2.38. The van der Waals surface area contributed by atoms with Gasteiger partial charge in [0, 0.05) is 23.9 Å². The van der Waals surface area contributed by atoms with Crippen molar-refractivity contribution < 1.29 is 14.6 Å². The predicted octanol–water partition coefficient (Wildman–Crippen LogP) is 2.90. The summed E-state index contributed by atoms with van der Waals surface area (Å²) in [4.78, 5) is 11.9. The van der Waals surface area contributed by atoms with Gasteiger partial charge in [-0.25, -0.2) is 4.79 Å². The van der Waals surface area contributed by atoms with Crippen LogP contribution in [0.2, 0.25) is 0 Å². The molecule has 92 valence electrons. The summed E-state index contributed by atoms with van der Waals surface area (Å²) in [5, 5.41) is 9.07. The van der Waals surface area contributed by atoms with Crippen LogP contribution in [0.15, 0.2) is 29.2 Å². The average molecular weight is 252 g/mol. The van der Waals surface area contributed by atoms with Crippen molar-refractivity contribution in [2.24, 2.45) is 5.92 Å². The summed E-state index contributed by atoms with van der Waals surface area (Å²) in [7, 11) is 0. The van der Waals surface area contributed by atoms with E-state index in [1.54, 1.807) is 23.9 Å². The Labute approximate surface area is 105 Å². The maximum absolute atomic E-state index is 11.0. The molecule has 1 N–H and O–H groups in total. The SMILES string of the molecule is O=C(O)c1ccccc1SCC1CCOCC1. The van der Waals surface area contributed by atoms with Gasteiger partial charge in [-0.3, -0.25) is 0 Å². The van der Waals surface area contributed by atoms with E-state index in [0.717, 1.165) is 36.7 Å². The van der Waals surface area contributed by atoms with Crippen molar-refractivity contribution in [3.05, 3.63) is 29.8 Å². The first kappa shape index (κ1) is 12.5. The number of rotatable bonds is 4. The number of carbonyl (C=O) groups is 1. The molecule has 1 heterocycles. The van der Waals surface area contributed by atoms with Crippen LogP contribution in [-0.2, 0) is 4.74 Å². The molecule has 0 atom stereocenters. The molecular weight excluding hydrogens is 236 g/mol. The Kier molecular flexibility index (Phi) is 4.45. The smallest absolute Gasteiger partial charge is 0.336 e. The van der Waals surface area contributed by atoms with E-state index < -0.39 is 5.97 Å². The van der Waals surface area contributed by atoms with Crippen molar-refractivity contribution in [3.8, 4) is 0 Å². The summed E-state index contributed by atoms with van der Waals surface area (Å²) < 4.78 is 5.31. The van der Waals surface area contributed by atoms with Crippen molar-refractivity contribution in [2.75, 3.05) is 19.0 Å². The van der Waals surface area contributed by atoms with Crippen LogP contribution in [0, 0.1) is 5.92 Å². The summed E-state index contributed by atoms with van der Waals surface area (Å²) in [5.41, 5.74) is 0.407. The molecule has 1 fully saturated rings. The van der Waals surface area contributed by atoms with Crippen LogP contribution in [0.3, 0.4) is 0 Å². The van der Waals surface area contributed by atoms with Crippen LogP contribution >= 0.6 is 11.8 Å². The van der Waals surface area contributed by atoms with E-state index in [1.165, 1.54) is 0 Å². The van der Waals surface area contributed by atoms with E-state index in [1.807, 2.05) is 12.1 Å². The Bertz CT molecular complexity index is 386. The third-order valence-corrected chi connectivity index (χ3v) is 4.24. The molecule has 17 heavy (non-hydrogen) atoms. The molecule has 0 radical (unpaired) electrons. The van der Waals surface area contributed by atoms with Gasteiger partial charge in [0.2, 0.25) is 0 Å². The molecule has 0 aromatic heterocycles. The highest BCUT2D eigenvalue weighted by Crippen LogP contribution is 2.28. The maximum Gasteiger partial charge on any atom is 0.336 e. The third-order valence-electron chi connectivity index (χ3n) is 2.93. The number of hydrogen-bond donors (Lipinski definition) is 1. The van der Waals surface area contributed by atoms with E-state index >= 15 is 0 Å². The lowest BCUT2D eigenvalue weighted by Crippen LogP contribution is -2.17. The molecule has 1 aliphatic rings. The standard InChI is InChI=1S/C13H16O3S/c14-13(15)11-3-1-2-4-12(11)17-9-10-5-7-16-8-6-10/h1-4,10H,5-9H2,(H,14,15). The fourth-order valence-electron chi connectivity index (χ4n) is 1.89. The molecular formula is C13H16O3S. The van der Waals surface area contributed by atoms with E-state index in [9.17, 15) is 4.79 Å². The minimum absolute atomic E-state index is 0.407. The molecule has 4 heteroatoms. The van der Waals surface area contributed by atoms with Crippen molar-refractivity contribution in [2.45, 2.75) is 17.7 Å². The van der Waals surface area contributed by atoms with Gasteiger partial charge < -0.3 is 9.84 Å². The quantitative estimate of drug-likeness (QED) is 0.837. The molecule has 1 aliphatic heterocycles. The van der Waals surface area contributed by atoms with Gasteiger partial charge >= 0.3 is 5.97 Å². The summed E-state index contributed by atoms with van der Waals surface area (Å²) in [6.07, 6.45) is 2.17. The number of ether oxygens (including phenoxy) is 1. The second-order valence-corrected chi connectivity index (χ2v) is 5.23. The van der Waals surface area contributed by atoms with Gasteiger partial charge in [-0.1, -0.05) is 12.1 Å². The fourth-order valence-corrected chi connectivity index (χ4v) is 3.12. The Morgan fingerprint density at radius 2 is 2.06 bits per heavy atom. The zero-order valence-electron chi connectivity index (χ0n) is 9.59. The fraction of sp³-hybridized carbons (Fsp3) is 0.462. The van der Waals surface area contributed by atoms with Gasteiger partial charge in [-0.15, -0.1) is 11.8 Å². The van der Waals surface area contributed by atoms with Crippen LogP contribution in [-0.4, -0.2) is 30.0 Å². The summed E-state index contributed by atoms with van der Waals surface area (Å²) in [6, 6.07) is 7.20. The van der Waals surface area contributed by atoms with Gasteiger partial charge in [0.1, 0.15) is 0 Å². The van der Waals surface area contributed by atoms with E-state index in [4.69, 9.17) is 9.84 Å². The number of thioether (sulfide) groups is 1. The highest BCUT2D eigenvalue weighted by Gasteiger charge is 2.16. The van der Waals surface area contributed by atoms with Crippen molar-refractivity contribution in [1.29, 1.82) is 0 Å². The molecule has 1 aromatic carbocycles. The van der Waals surface area contributed by atoms with Crippen molar-refractivity contribution in [1.82, 2.24) is 0 Å². The van der Waals surface area contributed by atoms with Crippen LogP contribution in [0.25, 0.3) is 0 Å². The normalized spacial score (nSPS) is 16.9. The van der Waals surface area contributed by atoms with E-state index in [0.29, 0.717) is 11.5 Å². The van der Waals surface area contributed by atoms with Gasteiger partial charge in [0.15, 0.2) is 0 Å². The minimum Gasteiger partial charge on any atom is -0.478 e. The highest BCUT2D eigenvalue weighted by molar-refractivity contribution is 7.99. The predicted molar refractivity (Wildman–Crippen MR) is 67.7 cm³/mol. The molecule has 0 amide bonds. The molecule has 1 aromatic rings. The number of carboxylic acid groups (broad SMARTS) is 1. The first-order chi connectivity index (χ1) is 8.27. The Morgan fingerprint density at radius 1 is 1.35 bits per heavy atom. The Hall–Kier alpha value is -1.00. The molecule has 2 rings (SSSR count). The lowest BCUT2D eigenvalue weighted by atomic mass is 10.0. The highest BCUT2D eigenvalue weighted by atomic mass is 32.2. The van der Waals surface area contributed by atoms with Crippen molar-refractivity contribution in [3.63, 3.8) is 0 Å². The molecule has 0 spiro atoms. The number of benzene rings is 1. The van der Waals surface area contributed by atoms with Gasteiger partial charge in [0.25, 0.3) is 0 Å². The van der Waals surface area contributed by atoms with Gasteiger partial charge in [0.05, 0.1) is 5.56 Å². The monoisotopic (exact) mass is 252 g/mol.